The highest BCUT2D eigenvalue weighted by atomic mass is 16.6. The number of guanidine groups is 1. The van der Waals surface area contributed by atoms with Crippen molar-refractivity contribution in [1.82, 2.24) is 0 Å². The summed E-state index contributed by atoms with van der Waals surface area (Å²) in [5.41, 5.74) is 3.74. The molecule has 5 rings (SSSR count). The molecular weight excluding hydrogens is 364 g/mol. The van der Waals surface area contributed by atoms with E-state index in [1.165, 1.54) is 17.0 Å². The number of rotatable bonds is 3. The molecule has 4 aromatic carbocycles. The number of nitrogens with zero attached hydrogens (tertiary/aromatic N) is 1. The monoisotopic (exact) mass is 380 g/mol. The first kappa shape index (κ1) is 16.9. The van der Waals surface area contributed by atoms with E-state index in [4.69, 9.17) is 5.41 Å². The van der Waals surface area contributed by atoms with E-state index in [-0.39, 0.29) is 11.6 Å². The highest BCUT2D eigenvalue weighted by molar-refractivity contribution is 6.13. The lowest BCUT2D eigenvalue weighted by Crippen LogP contribution is -2.21. The second-order valence-corrected chi connectivity index (χ2v) is 6.87. The Labute approximate surface area is 166 Å². The summed E-state index contributed by atoms with van der Waals surface area (Å²) in [5, 5.41) is 29.4. The summed E-state index contributed by atoms with van der Waals surface area (Å²) >= 11 is 0. The Morgan fingerprint density at radius 2 is 1.59 bits per heavy atom. The van der Waals surface area contributed by atoms with Crippen LogP contribution in [0.25, 0.3) is 33.7 Å². The first-order valence-electron chi connectivity index (χ1n) is 9.14. The average Bonchev–Trinajstić information content (AvgIpc) is 3.16. The van der Waals surface area contributed by atoms with Crippen LogP contribution >= 0.6 is 0 Å². The zero-order chi connectivity index (χ0) is 20.0. The molecule has 6 nitrogen and oxygen atoms in total. The number of anilines is 2. The minimum Gasteiger partial charge on any atom is -0.326 e. The number of hydrogen-bond donors (Lipinski definition) is 3. The Balaban J connectivity index is 1.47. The van der Waals surface area contributed by atoms with Crippen LogP contribution in [0.2, 0.25) is 0 Å². The van der Waals surface area contributed by atoms with Crippen LogP contribution in [0.15, 0.2) is 66.7 Å². The van der Waals surface area contributed by atoms with Crippen molar-refractivity contribution < 1.29 is 4.92 Å². The van der Waals surface area contributed by atoms with Crippen molar-refractivity contribution in [2.45, 2.75) is 0 Å². The second-order valence-electron chi connectivity index (χ2n) is 6.87. The van der Waals surface area contributed by atoms with Crippen LogP contribution in [-0.4, -0.2) is 10.9 Å². The van der Waals surface area contributed by atoms with Crippen molar-refractivity contribution in [3.05, 3.63) is 88.0 Å². The number of non-ortho nitro benzene ring substituents is 1. The molecular formula is C23H16N4O2. The maximum atomic E-state index is 11.3. The molecule has 0 spiro atoms. The lowest BCUT2D eigenvalue weighted by Gasteiger charge is -2.15. The van der Waals surface area contributed by atoms with Gasteiger partial charge in [-0.1, -0.05) is 54.6 Å². The molecule has 0 aliphatic heterocycles. The molecule has 0 radical (unpaired) electrons. The van der Waals surface area contributed by atoms with Gasteiger partial charge in [-0.05, 0) is 34.5 Å². The van der Waals surface area contributed by atoms with E-state index in [0.29, 0.717) is 16.5 Å². The molecule has 0 saturated heterocycles. The predicted octanol–water partition coefficient (Wildman–Crippen LogP) is 5.84. The molecule has 3 N–H and O–H groups in total. The summed E-state index contributed by atoms with van der Waals surface area (Å²) in [6, 6.07) is 20.4. The summed E-state index contributed by atoms with van der Waals surface area (Å²) in [4.78, 5) is 10.9. The van der Waals surface area contributed by atoms with Crippen molar-refractivity contribution in [2.24, 2.45) is 0 Å². The van der Waals surface area contributed by atoms with Gasteiger partial charge in [-0.3, -0.25) is 15.5 Å². The van der Waals surface area contributed by atoms with Gasteiger partial charge < -0.3 is 10.6 Å². The third-order valence-electron chi connectivity index (χ3n) is 5.16. The van der Waals surface area contributed by atoms with Crippen LogP contribution in [0.4, 0.5) is 17.1 Å². The SMILES string of the molecule is N=C(Nc1ccc2cccc3c2c1C=C3)Nc1ccc([N+](=O)[O-])c2ccccc12. The van der Waals surface area contributed by atoms with Crippen LogP contribution in [0.1, 0.15) is 11.1 Å². The summed E-state index contributed by atoms with van der Waals surface area (Å²) in [5.74, 6) is 0.0948. The Hall–Kier alpha value is -4.19. The molecule has 0 heterocycles. The molecule has 140 valence electrons. The van der Waals surface area contributed by atoms with Crippen molar-refractivity contribution >= 4 is 56.7 Å². The number of fused-ring (bicyclic) bond motifs is 1. The zero-order valence-electron chi connectivity index (χ0n) is 15.3. The van der Waals surface area contributed by atoms with Gasteiger partial charge in [-0.15, -0.1) is 0 Å². The number of benzene rings is 4. The van der Waals surface area contributed by atoms with Gasteiger partial charge >= 0.3 is 0 Å². The molecule has 0 unspecified atom stereocenters. The maximum Gasteiger partial charge on any atom is 0.277 e. The fraction of sp³-hybridized carbons (Fsp3) is 0. The first-order chi connectivity index (χ1) is 14.1. The van der Waals surface area contributed by atoms with Gasteiger partial charge in [0, 0.05) is 28.4 Å². The Morgan fingerprint density at radius 3 is 2.41 bits per heavy atom. The van der Waals surface area contributed by atoms with E-state index in [9.17, 15) is 10.1 Å². The summed E-state index contributed by atoms with van der Waals surface area (Å²) in [6.07, 6.45) is 4.12. The Kier molecular flexibility index (Phi) is 3.77. The fourth-order valence-corrected chi connectivity index (χ4v) is 3.88. The molecule has 4 aromatic rings. The molecule has 0 saturated carbocycles. The summed E-state index contributed by atoms with van der Waals surface area (Å²) in [7, 11) is 0. The molecule has 0 aromatic heterocycles. The van der Waals surface area contributed by atoms with Crippen LogP contribution < -0.4 is 10.6 Å². The second kappa shape index (κ2) is 6.45. The predicted molar refractivity (Wildman–Crippen MR) is 118 cm³/mol. The molecule has 0 fully saturated rings. The standard InChI is InChI=1S/C23H16N4O2/c24-23(25-19-12-13-21(27(28)29)17-7-2-1-6-16(17)19)26-20-11-9-15-5-3-4-14-8-10-18(20)22(14)15/h1-13H,(H3,24,25,26). The topological polar surface area (TPSA) is 91.1 Å². The van der Waals surface area contributed by atoms with E-state index in [0.717, 1.165) is 16.6 Å². The van der Waals surface area contributed by atoms with E-state index in [1.807, 2.05) is 30.3 Å². The highest BCUT2D eigenvalue weighted by Gasteiger charge is 2.16. The van der Waals surface area contributed by atoms with E-state index >= 15 is 0 Å². The fourth-order valence-electron chi connectivity index (χ4n) is 3.88. The number of nitro groups is 1. The van der Waals surface area contributed by atoms with Gasteiger partial charge in [0.1, 0.15) is 0 Å². The van der Waals surface area contributed by atoms with Crippen molar-refractivity contribution in [3.8, 4) is 0 Å². The third kappa shape index (κ3) is 2.78. The average molecular weight is 380 g/mol. The van der Waals surface area contributed by atoms with Gasteiger partial charge in [0.25, 0.3) is 5.69 Å². The number of nitro benzene ring substituents is 1. The molecule has 0 bridgehead atoms. The molecule has 29 heavy (non-hydrogen) atoms. The van der Waals surface area contributed by atoms with Crippen molar-refractivity contribution in [3.63, 3.8) is 0 Å². The minimum absolute atomic E-state index is 0.0472. The number of hydrogen-bond acceptors (Lipinski definition) is 3. The van der Waals surface area contributed by atoms with E-state index in [2.05, 4.69) is 34.9 Å². The highest BCUT2D eigenvalue weighted by Crippen LogP contribution is 2.36. The van der Waals surface area contributed by atoms with Crippen LogP contribution in [0.5, 0.6) is 0 Å². The minimum atomic E-state index is -0.392. The van der Waals surface area contributed by atoms with Gasteiger partial charge in [-0.25, -0.2) is 0 Å². The quantitative estimate of drug-likeness (QED) is 0.159. The third-order valence-corrected chi connectivity index (χ3v) is 5.16. The largest absolute Gasteiger partial charge is 0.326 e. The smallest absolute Gasteiger partial charge is 0.277 e. The molecule has 6 heteroatoms. The summed E-state index contributed by atoms with van der Waals surface area (Å²) < 4.78 is 0. The molecule has 0 amide bonds. The van der Waals surface area contributed by atoms with Gasteiger partial charge in [0.15, 0.2) is 5.96 Å². The van der Waals surface area contributed by atoms with Gasteiger partial charge in [0.05, 0.1) is 10.3 Å². The van der Waals surface area contributed by atoms with Crippen LogP contribution in [0, 0.1) is 15.5 Å². The van der Waals surface area contributed by atoms with Gasteiger partial charge in [-0.2, -0.15) is 0 Å². The van der Waals surface area contributed by atoms with Crippen molar-refractivity contribution in [2.75, 3.05) is 10.6 Å². The molecule has 1 aliphatic rings. The molecule has 0 atom stereocenters. The van der Waals surface area contributed by atoms with Crippen LogP contribution in [0.3, 0.4) is 0 Å². The molecule has 1 aliphatic carbocycles. The van der Waals surface area contributed by atoms with Crippen molar-refractivity contribution in [1.29, 1.82) is 5.41 Å². The van der Waals surface area contributed by atoms with Crippen LogP contribution in [-0.2, 0) is 0 Å². The number of nitrogens with one attached hydrogen (secondary N) is 3. The Morgan fingerprint density at radius 1 is 0.828 bits per heavy atom. The van der Waals surface area contributed by atoms with Gasteiger partial charge in [0.2, 0.25) is 0 Å². The summed E-state index contributed by atoms with van der Waals surface area (Å²) in [6.45, 7) is 0. The normalized spacial score (nSPS) is 11.7. The zero-order valence-corrected chi connectivity index (χ0v) is 15.3. The van der Waals surface area contributed by atoms with E-state index < -0.39 is 4.92 Å². The lowest BCUT2D eigenvalue weighted by molar-refractivity contribution is -0.383. The Bertz CT molecular complexity index is 1360. The lowest BCUT2D eigenvalue weighted by atomic mass is 10.0. The maximum absolute atomic E-state index is 11.3. The first-order valence-corrected chi connectivity index (χ1v) is 9.14. The van der Waals surface area contributed by atoms with E-state index in [1.54, 1.807) is 18.2 Å².